The van der Waals surface area contributed by atoms with Crippen LogP contribution in [0, 0.1) is 11.8 Å². The van der Waals surface area contributed by atoms with Crippen LogP contribution in [0.1, 0.15) is 71.4 Å². The van der Waals surface area contributed by atoms with E-state index < -0.39 is 12.1 Å². The molecule has 0 unspecified atom stereocenters. The van der Waals surface area contributed by atoms with E-state index in [1.54, 1.807) is 7.11 Å². The van der Waals surface area contributed by atoms with Crippen molar-refractivity contribution in [2.45, 2.75) is 91.5 Å². The molecule has 7 nitrogen and oxygen atoms in total. The zero-order chi connectivity index (χ0) is 26.7. The third kappa shape index (κ3) is 9.33. The molecule has 0 saturated carbocycles. The average molecular weight is 505 g/mol. The lowest BCUT2D eigenvalue weighted by atomic mass is 9.87. The van der Waals surface area contributed by atoms with Crippen LogP contribution < -0.4 is 16.0 Å². The molecule has 1 aliphatic heterocycles. The van der Waals surface area contributed by atoms with E-state index in [4.69, 9.17) is 10.5 Å². The van der Waals surface area contributed by atoms with Crippen LogP contribution in [0.2, 0.25) is 0 Å². The Morgan fingerprint density at radius 3 is 2.67 bits per heavy atom. The zero-order valence-corrected chi connectivity index (χ0v) is 23.6. The summed E-state index contributed by atoms with van der Waals surface area (Å²) in [5.41, 5.74) is 10.5. The maximum Gasteiger partial charge on any atom is 0.223 e. The van der Waals surface area contributed by atoms with Crippen LogP contribution in [-0.4, -0.2) is 74.0 Å². The molecule has 206 valence electrons. The van der Waals surface area contributed by atoms with Crippen LogP contribution in [0.25, 0.3) is 0 Å². The molecule has 1 heterocycles. The van der Waals surface area contributed by atoms with Gasteiger partial charge < -0.3 is 25.8 Å². The highest BCUT2D eigenvalue weighted by Gasteiger charge is 2.29. The number of hydrogen-bond acceptors (Lipinski definition) is 6. The molecule has 0 aromatic heterocycles. The number of hydrogen-bond donors (Lipinski definition) is 3. The molecule has 7 heteroatoms. The molecular weight excluding hydrogens is 452 g/mol. The van der Waals surface area contributed by atoms with Crippen molar-refractivity contribution in [1.29, 1.82) is 0 Å². The molecule has 2 rings (SSSR count). The summed E-state index contributed by atoms with van der Waals surface area (Å²) in [4.78, 5) is 17.5. The van der Waals surface area contributed by atoms with Crippen LogP contribution in [-0.2, 0) is 22.5 Å². The number of anilines is 1. The molecular formula is C29H52N4O3. The molecule has 3 atom stereocenters. The van der Waals surface area contributed by atoms with Gasteiger partial charge in [-0.15, -0.1) is 0 Å². The summed E-state index contributed by atoms with van der Waals surface area (Å²) in [6.45, 7) is 15.2. The van der Waals surface area contributed by atoms with Gasteiger partial charge in [0.2, 0.25) is 5.91 Å². The molecule has 0 spiro atoms. The van der Waals surface area contributed by atoms with Gasteiger partial charge in [0.1, 0.15) is 0 Å². The Hall–Kier alpha value is -1.67. The van der Waals surface area contributed by atoms with Crippen LogP contribution in [0.4, 0.5) is 5.69 Å². The molecule has 0 aliphatic carbocycles. The van der Waals surface area contributed by atoms with Crippen LogP contribution >= 0.6 is 0 Å². The number of rotatable bonds is 16. The Kier molecular flexibility index (Phi) is 13.2. The summed E-state index contributed by atoms with van der Waals surface area (Å²) in [6, 6.07) is 6.67. The largest absolute Gasteiger partial charge is 0.391 e. The first-order chi connectivity index (χ1) is 17.2. The average Bonchev–Trinajstić information content (AvgIpc) is 2.85. The maximum atomic E-state index is 12.7. The molecule has 0 radical (unpaired) electrons. The minimum atomic E-state index is -0.733. The third-order valence-corrected chi connectivity index (χ3v) is 7.45. The van der Waals surface area contributed by atoms with Gasteiger partial charge in [-0.05, 0) is 62.6 Å². The molecule has 36 heavy (non-hydrogen) atoms. The number of methoxy groups -OCH3 is 1. The van der Waals surface area contributed by atoms with Crippen LogP contribution in [0.15, 0.2) is 18.2 Å². The van der Waals surface area contributed by atoms with Crippen LogP contribution in [0.3, 0.4) is 0 Å². The van der Waals surface area contributed by atoms with E-state index in [9.17, 15) is 9.90 Å². The molecule has 1 aromatic rings. The Morgan fingerprint density at radius 2 is 2.03 bits per heavy atom. The van der Waals surface area contributed by atoms with Crippen molar-refractivity contribution >= 4 is 11.6 Å². The minimum absolute atomic E-state index is 0.0255. The van der Waals surface area contributed by atoms with E-state index in [-0.39, 0.29) is 23.8 Å². The second kappa shape index (κ2) is 15.6. The molecule has 4 N–H and O–H groups in total. The number of nitrogens with zero attached hydrogens (tertiary/aromatic N) is 2. The van der Waals surface area contributed by atoms with Crippen molar-refractivity contribution in [2.75, 3.05) is 44.8 Å². The lowest BCUT2D eigenvalue weighted by Crippen LogP contribution is -2.48. The lowest BCUT2D eigenvalue weighted by Gasteiger charge is -2.34. The Morgan fingerprint density at radius 1 is 1.28 bits per heavy atom. The molecule has 0 fully saturated rings. The number of amides is 1. The predicted octanol–water partition coefficient (Wildman–Crippen LogP) is 3.56. The number of aliphatic hydroxyl groups excluding tert-OH is 1. The lowest BCUT2D eigenvalue weighted by molar-refractivity contribution is -0.127. The second-order valence-corrected chi connectivity index (χ2v) is 11.0. The van der Waals surface area contributed by atoms with Gasteiger partial charge in [0.25, 0.3) is 0 Å². The zero-order valence-electron chi connectivity index (χ0n) is 23.6. The third-order valence-electron chi connectivity index (χ3n) is 7.45. The fourth-order valence-electron chi connectivity index (χ4n) is 4.95. The number of aliphatic hydroxyl groups is 1. The standard InChI is InChI=1S/C29H52N4O3/c1-7-8-13-31-29(35)25(21(2)3)18-28(34)26(30)20-33(22(4)5)19-23-11-12-24-10-9-14-32(15-16-36-6)27(24)17-23/h11-12,17,21-22,25-26,28,34H,7-10,13-16,18-20,30H2,1-6H3,(H,31,35)/t25-,26-,28-/m0/s1. The van der Waals surface area contributed by atoms with E-state index >= 15 is 0 Å². The van der Waals surface area contributed by atoms with Gasteiger partial charge in [-0.25, -0.2) is 0 Å². The molecule has 0 bridgehead atoms. The smallest absolute Gasteiger partial charge is 0.223 e. The minimum Gasteiger partial charge on any atom is -0.391 e. The molecule has 1 aromatic carbocycles. The van der Waals surface area contributed by atoms with Gasteiger partial charge in [0.05, 0.1) is 12.7 Å². The summed E-state index contributed by atoms with van der Waals surface area (Å²) < 4.78 is 5.32. The van der Waals surface area contributed by atoms with Gasteiger partial charge in [0, 0.05) is 63.5 Å². The number of carbonyl (C=O) groups is 1. The van der Waals surface area contributed by atoms with Crippen molar-refractivity contribution in [1.82, 2.24) is 10.2 Å². The number of ether oxygens (including phenoxy) is 1. The summed E-state index contributed by atoms with van der Waals surface area (Å²) >= 11 is 0. The van der Waals surface area contributed by atoms with Crippen molar-refractivity contribution in [3.63, 3.8) is 0 Å². The number of unbranched alkanes of at least 4 members (excludes halogenated alkanes) is 1. The highest BCUT2D eigenvalue weighted by atomic mass is 16.5. The van der Waals surface area contributed by atoms with Gasteiger partial charge in [-0.3, -0.25) is 9.69 Å². The highest BCUT2D eigenvalue weighted by molar-refractivity contribution is 5.78. The normalized spacial score (nSPS) is 16.4. The number of fused-ring (bicyclic) bond motifs is 1. The van der Waals surface area contributed by atoms with E-state index in [1.807, 2.05) is 13.8 Å². The number of nitrogens with one attached hydrogen (secondary N) is 1. The Bertz CT molecular complexity index is 786. The van der Waals surface area contributed by atoms with Crippen molar-refractivity contribution in [2.24, 2.45) is 17.6 Å². The quantitative estimate of drug-likeness (QED) is 0.298. The number of nitrogens with two attached hydrogens (primary N) is 1. The van der Waals surface area contributed by atoms with Crippen molar-refractivity contribution < 1.29 is 14.6 Å². The van der Waals surface area contributed by atoms with Gasteiger partial charge in [-0.2, -0.15) is 0 Å². The van der Waals surface area contributed by atoms with Gasteiger partial charge in [-0.1, -0.05) is 39.3 Å². The topological polar surface area (TPSA) is 91.1 Å². The maximum absolute atomic E-state index is 12.7. The fourth-order valence-corrected chi connectivity index (χ4v) is 4.95. The number of aryl methyl sites for hydroxylation is 1. The molecule has 1 aliphatic rings. The Labute approximate surface area is 219 Å². The summed E-state index contributed by atoms with van der Waals surface area (Å²) in [6.07, 6.45) is 3.96. The van der Waals surface area contributed by atoms with E-state index in [1.165, 1.54) is 23.2 Å². The Balaban J connectivity index is 2.03. The monoisotopic (exact) mass is 504 g/mol. The summed E-state index contributed by atoms with van der Waals surface area (Å²) in [5.74, 6) is -0.0714. The summed E-state index contributed by atoms with van der Waals surface area (Å²) in [7, 11) is 1.75. The second-order valence-electron chi connectivity index (χ2n) is 11.0. The van der Waals surface area contributed by atoms with Crippen molar-refractivity contribution in [3.8, 4) is 0 Å². The van der Waals surface area contributed by atoms with Crippen LogP contribution in [0.5, 0.6) is 0 Å². The number of carbonyl (C=O) groups excluding carboxylic acids is 1. The highest BCUT2D eigenvalue weighted by Crippen LogP contribution is 2.29. The fraction of sp³-hybridized carbons (Fsp3) is 0.759. The number of benzene rings is 1. The first-order valence-corrected chi connectivity index (χ1v) is 14.0. The first kappa shape index (κ1) is 30.6. The van der Waals surface area contributed by atoms with Gasteiger partial charge in [0.15, 0.2) is 0 Å². The van der Waals surface area contributed by atoms with Crippen molar-refractivity contribution in [3.05, 3.63) is 29.3 Å². The van der Waals surface area contributed by atoms with E-state index in [2.05, 4.69) is 54.1 Å². The SMILES string of the molecule is CCCCNC(=O)[C@@H](C[C@H](O)[C@@H](N)CN(Cc1ccc2c(c1)N(CCOC)CCC2)C(C)C)C(C)C. The van der Waals surface area contributed by atoms with E-state index in [0.29, 0.717) is 19.5 Å². The first-order valence-electron chi connectivity index (χ1n) is 14.0. The molecule has 0 saturated heterocycles. The van der Waals surface area contributed by atoms with E-state index in [0.717, 1.165) is 45.5 Å². The predicted molar refractivity (Wildman–Crippen MR) is 149 cm³/mol. The van der Waals surface area contributed by atoms with Gasteiger partial charge >= 0.3 is 0 Å². The summed E-state index contributed by atoms with van der Waals surface area (Å²) in [5, 5.41) is 14.0. The molecule has 1 amide bonds.